The van der Waals surface area contributed by atoms with Crippen LogP contribution in [0.3, 0.4) is 0 Å². The van der Waals surface area contributed by atoms with Gasteiger partial charge in [-0.05, 0) is 0 Å². The van der Waals surface area contributed by atoms with Gasteiger partial charge in [-0.3, -0.25) is 0 Å². The standard InChI is InChI=1S/C6H5.C3H9P.BrH.Ni/c1-2-4-6-5-3-1;1-4(2)3;;/h1-5H;1-3H3;1H;. The molecule has 3 heteroatoms. The average Bonchev–Trinajstić information content (AvgIpc) is 2.03. The van der Waals surface area contributed by atoms with Crippen LogP contribution in [0.5, 0.6) is 0 Å². The quantitative estimate of drug-likeness (QED) is 0.581. The molecule has 1 aromatic carbocycles. The van der Waals surface area contributed by atoms with Gasteiger partial charge in [0.15, 0.2) is 0 Å². The topological polar surface area (TPSA) is 0 Å². The van der Waals surface area contributed by atoms with Crippen molar-refractivity contribution in [3.8, 4) is 0 Å². The van der Waals surface area contributed by atoms with Crippen LogP contribution in [0.25, 0.3) is 0 Å². The molecule has 12 heavy (non-hydrogen) atoms. The van der Waals surface area contributed by atoms with Gasteiger partial charge in [0.05, 0.1) is 0 Å². The van der Waals surface area contributed by atoms with Gasteiger partial charge in [-0.1, -0.05) is 0 Å². The van der Waals surface area contributed by atoms with Gasteiger partial charge >= 0.3 is 86.3 Å². The monoisotopic (exact) mass is 291 g/mol. The van der Waals surface area contributed by atoms with Crippen molar-refractivity contribution < 1.29 is 11.2 Å². The number of benzene rings is 1. The average molecular weight is 293 g/mol. The minimum absolute atomic E-state index is 0.163. The van der Waals surface area contributed by atoms with Gasteiger partial charge in [-0.15, -0.1) is 0 Å². The van der Waals surface area contributed by atoms with Crippen LogP contribution >= 0.6 is 20.3 Å². The molecule has 0 unspecified atom stereocenters. The molecule has 1 rings (SSSR count). The fourth-order valence-electron chi connectivity index (χ4n) is 0.769. The number of rotatable bonds is 2. The molecule has 0 heterocycles. The molecule has 0 saturated heterocycles. The van der Waals surface area contributed by atoms with Crippen molar-refractivity contribution in [1.29, 1.82) is 0 Å². The Hall–Kier alpha value is 0.624. The third-order valence-corrected chi connectivity index (χ3v) is 18.1. The number of hydrogen-bond acceptors (Lipinski definition) is 0. The van der Waals surface area contributed by atoms with Crippen molar-refractivity contribution in [2.24, 2.45) is 0 Å². The molecule has 0 saturated carbocycles. The third-order valence-electron chi connectivity index (χ3n) is 1.29. The molecule has 0 aliphatic carbocycles. The van der Waals surface area contributed by atoms with Gasteiger partial charge in [0.25, 0.3) is 0 Å². The van der Waals surface area contributed by atoms with E-state index in [1.54, 1.807) is 0 Å². The van der Waals surface area contributed by atoms with Crippen molar-refractivity contribution in [1.82, 2.24) is 0 Å². The molecular weight excluding hydrogens is 278 g/mol. The van der Waals surface area contributed by atoms with Crippen LogP contribution in [0.1, 0.15) is 0 Å². The maximum atomic E-state index is 3.81. The predicted molar refractivity (Wildman–Crippen MR) is 61.1 cm³/mol. The molecule has 0 aliphatic rings. The first-order valence-electron chi connectivity index (χ1n) is 3.85. The van der Waals surface area contributed by atoms with Gasteiger partial charge in [0.2, 0.25) is 0 Å². The van der Waals surface area contributed by atoms with E-state index >= 15 is 0 Å². The maximum absolute atomic E-state index is 3.81. The van der Waals surface area contributed by atoms with Crippen molar-refractivity contribution in [3.63, 3.8) is 0 Å². The van der Waals surface area contributed by atoms with Crippen molar-refractivity contribution in [2.75, 3.05) is 20.0 Å². The molecule has 0 N–H and O–H groups in total. The fraction of sp³-hybridized carbons (Fsp3) is 0.333. The summed E-state index contributed by atoms with van der Waals surface area (Å²) >= 11 is 3.97. The van der Waals surface area contributed by atoms with Crippen molar-refractivity contribution >= 4 is 24.8 Å². The SMILES string of the molecule is C[PH](C)(C)[Ni]([Br])[c]1ccccc1. The molecule has 0 nitrogen and oxygen atoms in total. The van der Waals surface area contributed by atoms with E-state index in [0.717, 1.165) is 0 Å². The molecule has 0 spiro atoms. The van der Waals surface area contributed by atoms with E-state index in [4.69, 9.17) is 0 Å². The summed E-state index contributed by atoms with van der Waals surface area (Å²) < 4.78 is 1.46. The summed E-state index contributed by atoms with van der Waals surface area (Å²) in [7, 11) is 0. The van der Waals surface area contributed by atoms with Gasteiger partial charge in [0, 0.05) is 0 Å². The Labute approximate surface area is 86.1 Å². The normalized spacial score (nSPS) is 14.2. The minimum atomic E-state index is -1.04. The summed E-state index contributed by atoms with van der Waals surface area (Å²) in [5, 5.41) is 0. The van der Waals surface area contributed by atoms with Gasteiger partial charge in [-0.2, -0.15) is 0 Å². The molecule has 0 radical (unpaired) electrons. The van der Waals surface area contributed by atoms with Gasteiger partial charge in [-0.25, -0.2) is 0 Å². The van der Waals surface area contributed by atoms with Gasteiger partial charge < -0.3 is 0 Å². The van der Waals surface area contributed by atoms with E-state index < -0.39 is 6.04 Å². The zero-order valence-electron chi connectivity index (χ0n) is 7.58. The predicted octanol–water partition coefficient (Wildman–Crippen LogP) is 2.79. The number of hydrogen-bond donors (Lipinski definition) is 0. The Bertz CT molecular complexity index is 242. The summed E-state index contributed by atoms with van der Waals surface area (Å²) in [5.41, 5.74) is 0. The Kier molecular flexibility index (Phi) is 3.77. The van der Waals surface area contributed by atoms with Crippen LogP contribution in [0.2, 0.25) is 0 Å². The molecule has 0 bridgehead atoms. The first-order valence-corrected chi connectivity index (χ1v) is 11.6. The zero-order valence-corrected chi connectivity index (χ0v) is 11.2. The Morgan fingerprint density at radius 2 is 1.58 bits per heavy atom. The van der Waals surface area contributed by atoms with Crippen molar-refractivity contribution in [2.45, 2.75) is 0 Å². The van der Waals surface area contributed by atoms with Crippen LogP contribution in [-0.2, 0) is 11.2 Å². The van der Waals surface area contributed by atoms with Crippen LogP contribution in [0.15, 0.2) is 30.3 Å². The number of halogens is 1. The van der Waals surface area contributed by atoms with Gasteiger partial charge in [0.1, 0.15) is 0 Å². The van der Waals surface area contributed by atoms with Crippen LogP contribution in [-0.4, -0.2) is 20.0 Å². The summed E-state index contributed by atoms with van der Waals surface area (Å²) in [6.45, 7) is 7.18. The van der Waals surface area contributed by atoms with Crippen LogP contribution < -0.4 is 4.53 Å². The van der Waals surface area contributed by atoms with E-state index in [9.17, 15) is 0 Å². The Morgan fingerprint density at radius 3 is 2.00 bits per heavy atom. The Balaban J connectivity index is 2.86. The van der Waals surface area contributed by atoms with Crippen LogP contribution in [0, 0.1) is 0 Å². The second-order valence-corrected chi connectivity index (χ2v) is 18.3. The Morgan fingerprint density at radius 1 is 1.08 bits per heavy atom. The molecular formula is C9H15BrNiP. The summed E-state index contributed by atoms with van der Waals surface area (Å²) in [6.07, 6.45) is 0. The van der Waals surface area contributed by atoms with Crippen molar-refractivity contribution in [3.05, 3.63) is 30.3 Å². The molecule has 1 aromatic rings. The summed E-state index contributed by atoms with van der Waals surface area (Å²) in [6, 6.07) is 9.67. The second kappa shape index (κ2) is 4.22. The molecule has 0 fully saturated rings. The first-order chi connectivity index (χ1) is 5.52. The zero-order chi connectivity index (χ0) is 9.19. The third kappa shape index (κ3) is 2.84. The van der Waals surface area contributed by atoms with E-state index in [1.807, 2.05) is 0 Å². The second-order valence-electron chi connectivity index (χ2n) is 3.43. The van der Waals surface area contributed by atoms with E-state index in [0.29, 0.717) is 0 Å². The first kappa shape index (κ1) is 10.7. The summed E-state index contributed by atoms with van der Waals surface area (Å²) in [5.74, 6) is 0. The summed E-state index contributed by atoms with van der Waals surface area (Å²) in [4.78, 5) is 0. The molecule has 0 atom stereocenters. The molecule has 0 amide bonds. The van der Waals surface area contributed by atoms with Crippen LogP contribution in [0.4, 0.5) is 0 Å². The molecule has 73 valence electrons. The van der Waals surface area contributed by atoms with E-state index in [-0.39, 0.29) is 11.2 Å². The molecule has 0 aliphatic heterocycles. The fourth-order valence-corrected chi connectivity index (χ4v) is 5.49. The van der Waals surface area contributed by atoms with E-state index in [1.165, 1.54) is 4.53 Å². The molecule has 0 aromatic heterocycles. The van der Waals surface area contributed by atoms with E-state index in [2.05, 4.69) is 64.6 Å².